The molecular formula is C14H22N4O2S. The lowest BCUT2D eigenvalue weighted by Gasteiger charge is -2.33. The number of hydrogen-bond acceptors (Lipinski definition) is 5. The van der Waals surface area contributed by atoms with Crippen molar-refractivity contribution in [3.63, 3.8) is 0 Å². The zero-order valence-corrected chi connectivity index (χ0v) is 13.1. The molecule has 0 aromatic heterocycles. The summed E-state index contributed by atoms with van der Waals surface area (Å²) in [6.45, 7) is 3.70. The molecule has 1 saturated heterocycles. The number of benzene rings is 1. The standard InChI is InChI=1S/C14H22N4O2S/c1-17-8-10-18(11-9-17)15-13-4-2-3-5-14(13)21(19,20)16-12-6-7-12/h2-5,12,15-16H,6-11H2,1H3. The number of nitrogens with one attached hydrogen (secondary N) is 2. The first-order valence-corrected chi connectivity index (χ1v) is 8.84. The van der Waals surface area contributed by atoms with E-state index in [4.69, 9.17) is 0 Å². The van der Waals surface area contributed by atoms with Crippen LogP contribution in [0.4, 0.5) is 5.69 Å². The Balaban J connectivity index is 1.76. The summed E-state index contributed by atoms with van der Waals surface area (Å²) in [7, 11) is -1.35. The third-order valence-corrected chi connectivity index (χ3v) is 5.44. The molecule has 1 heterocycles. The SMILES string of the molecule is CN1CCN(Nc2ccccc2S(=O)(=O)NC2CC2)CC1. The molecule has 2 aliphatic rings. The number of piperazine rings is 1. The molecule has 2 fully saturated rings. The minimum absolute atomic E-state index is 0.117. The summed E-state index contributed by atoms with van der Waals surface area (Å²) in [6, 6.07) is 7.21. The Kier molecular flexibility index (Phi) is 4.17. The highest BCUT2D eigenvalue weighted by atomic mass is 32.2. The van der Waals surface area contributed by atoms with Crippen LogP contribution in [0.2, 0.25) is 0 Å². The molecule has 1 aliphatic heterocycles. The quantitative estimate of drug-likeness (QED) is 0.838. The van der Waals surface area contributed by atoms with E-state index in [1.807, 2.05) is 12.1 Å². The first kappa shape index (κ1) is 14.8. The van der Waals surface area contributed by atoms with Crippen molar-refractivity contribution in [2.45, 2.75) is 23.8 Å². The molecule has 1 aliphatic carbocycles. The van der Waals surface area contributed by atoms with Crippen molar-refractivity contribution in [2.75, 3.05) is 38.7 Å². The maximum atomic E-state index is 12.4. The molecule has 1 aromatic rings. The molecule has 0 radical (unpaired) electrons. The normalized spacial score (nSPS) is 21.4. The van der Waals surface area contributed by atoms with E-state index in [9.17, 15) is 8.42 Å². The van der Waals surface area contributed by atoms with E-state index in [2.05, 4.69) is 27.1 Å². The number of para-hydroxylation sites is 1. The second-order valence-corrected chi connectivity index (χ2v) is 7.48. The number of likely N-dealkylation sites (N-methyl/N-ethyl adjacent to an activating group) is 1. The molecule has 0 amide bonds. The second kappa shape index (κ2) is 5.92. The molecule has 0 spiro atoms. The lowest BCUT2D eigenvalue weighted by Crippen LogP contribution is -2.47. The van der Waals surface area contributed by atoms with Crippen molar-refractivity contribution in [3.8, 4) is 0 Å². The van der Waals surface area contributed by atoms with Crippen LogP contribution >= 0.6 is 0 Å². The highest BCUT2D eigenvalue weighted by Gasteiger charge is 2.29. The van der Waals surface area contributed by atoms with Gasteiger partial charge >= 0.3 is 0 Å². The van der Waals surface area contributed by atoms with Crippen LogP contribution in [0.1, 0.15) is 12.8 Å². The Morgan fingerprint density at radius 2 is 1.76 bits per heavy atom. The van der Waals surface area contributed by atoms with E-state index in [0.29, 0.717) is 10.6 Å². The number of hydrazine groups is 1. The molecular weight excluding hydrogens is 288 g/mol. The topological polar surface area (TPSA) is 64.7 Å². The Morgan fingerprint density at radius 1 is 1.10 bits per heavy atom. The van der Waals surface area contributed by atoms with Gasteiger partial charge in [0.05, 0.1) is 5.69 Å². The summed E-state index contributed by atoms with van der Waals surface area (Å²) in [6.07, 6.45) is 1.88. The molecule has 0 atom stereocenters. The van der Waals surface area contributed by atoms with Crippen LogP contribution in [0.5, 0.6) is 0 Å². The average Bonchev–Trinajstić information content (AvgIpc) is 3.25. The van der Waals surface area contributed by atoms with E-state index in [1.165, 1.54) is 0 Å². The van der Waals surface area contributed by atoms with Gasteiger partial charge in [0.15, 0.2) is 0 Å². The Hall–Kier alpha value is -1.15. The van der Waals surface area contributed by atoms with Gasteiger partial charge in [-0.05, 0) is 32.0 Å². The van der Waals surface area contributed by atoms with Gasteiger partial charge in [0, 0.05) is 32.2 Å². The fourth-order valence-corrected chi connectivity index (χ4v) is 3.83. The van der Waals surface area contributed by atoms with Crippen LogP contribution in [-0.2, 0) is 10.0 Å². The van der Waals surface area contributed by atoms with Gasteiger partial charge in [0.2, 0.25) is 10.0 Å². The van der Waals surface area contributed by atoms with E-state index in [1.54, 1.807) is 12.1 Å². The molecule has 7 heteroatoms. The number of anilines is 1. The summed E-state index contributed by atoms with van der Waals surface area (Å²) >= 11 is 0. The number of hydrogen-bond donors (Lipinski definition) is 2. The highest BCUT2D eigenvalue weighted by molar-refractivity contribution is 7.89. The van der Waals surface area contributed by atoms with Crippen LogP contribution < -0.4 is 10.1 Å². The van der Waals surface area contributed by atoms with Crippen LogP contribution in [0.25, 0.3) is 0 Å². The molecule has 3 rings (SSSR count). The minimum atomic E-state index is -3.44. The zero-order valence-electron chi connectivity index (χ0n) is 12.2. The summed E-state index contributed by atoms with van der Waals surface area (Å²) in [5.74, 6) is 0. The van der Waals surface area contributed by atoms with Crippen molar-refractivity contribution in [2.24, 2.45) is 0 Å². The fourth-order valence-electron chi connectivity index (χ4n) is 2.37. The van der Waals surface area contributed by atoms with Crippen LogP contribution in [0, 0.1) is 0 Å². The molecule has 1 saturated carbocycles. The van der Waals surface area contributed by atoms with Crippen LogP contribution in [0.3, 0.4) is 0 Å². The smallest absolute Gasteiger partial charge is 0.242 e. The molecule has 21 heavy (non-hydrogen) atoms. The van der Waals surface area contributed by atoms with Crippen molar-refractivity contribution in [3.05, 3.63) is 24.3 Å². The first-order chi connectivity index (χ1) is 10.0. The van der Waals surface area contributed by atoms with E-state index < -0.39 is 10.0 Å². The lowest BCUT2D eigenvalue weighted by molar-refractivity contribution is 0.178. The summed E-state index contributed by atoms with van der Waals surface area (Å²) in [5.41, 5.74) is 3.91. The van der Waals surface area contributed by atoms with Gasteiger partial charge < -0.3 is 10.3 Å². The number of rotatable bonds is 5. The summed E-state index contributed by atoms with van der Waals surface area (Å²) in [5, 5.41) is 2.07. The van der Waals surface area contributed by atoms with Crippen LogP contribution in [0.15, 0.2) is 29.2 Å². The van der Waals surface area contributed by atoms with Crippen molar-refractivity contribution < 1.29 is 8.42 Å². The fraction of sp³-hybridized carbons (Fsp3) is 0.571. The Labute approximate surface area is 126 Å². The third-order valence-electron chi connectivity index (χ3n) is 3.86. The summed E-state index contributed by atoms with van der Waals surface area (Å²) in [4.78, 5) is 2.59. The van der Waals surface area contributed by atoms with Crippen LogP contribution in [-0.4, -0.2) is 57.6 Å². The Bertz CT molecular complexity index is 593. The minimum Gasteiger partial charge on any atom is -0.317 e. The molecule has 0 unspecified atom stereocenters. The zero-order chi connectivity index (χ0) is 14.9. The van der Waals surface area contributed by atoms with Gasteiger partial charge in [0.25, 0.3) is 0 Å². The largest absolute Gasteiger partial charge is 0.317 e. The van der Waals surface area contributed by atoms with Gasteiger partial charge in [-0.25, -0.2) is 18.1 Å². The van der Waals surface area contributed by atoms with Crippen molar-refractivity contribution in [1.82, 2.24) is 14.6 Å². The van der Waals surface area contributed by atoms with E-state index >= 15 is 0 Å². The monoisotopic (exact) mass is 310 g/mol. The number of sulfonamides is 1. The molecule has 6 nitrogen and oxygen atoms in total. The maximum Gasteiger partial charge on any atom is 0.242 e. The van der Waals surface area contributed by atoms with Crippen molar-refractivity contribution >= 4 is 15.7 Å². The van der Waals surface area contributed by atoms with E-state index in [0.717, 1.165) is 39.0 Å². The lowest BCUT2D eigenvalue weighted by atomic mass is 10.3. The molecule has 116 valence electrons. The van der Waals surface area contributed by atoms with Gasteiger partial charge in [0.1, 0.15) is 4.90 Å². The van der Waals surface area contributed by atoms with E-state index in [-0.39, 0.29) is 6.04 Å². The molecule has 1 aromatic carbocycles. The molecule has 2 N–H and O–H groups in total. The Morgan fingerprint density at radius 3 is 2.43 bits per heavy atom. The average molecular weight is 310 g/mol. The van der Waals surface area contributed by atoms with Gasteiger partial charge in [-0.15, -0.1) is 0 Å². The second-order valence-electron chi connectivity index (χ2n) is 5.79. The predicted octanol–water partition coefficient (Wildman–Crippen LogP) is 0.702. The van der Waals surface area contributed by atoms with Gasteiger partial charge in [-0.1, -0.05) is 12.1 Å². The third kappa shape index (κ3) is 3.74. The highest BCUT2D eigenvalue weighted by Crippen LogP contribution is 2.26. The maximum absolute atomic E-state index is 12.4. The summed E-state index contributed by atoms with van der Waals surface area (Å²) < 4.78 is 27.6. The van der Waals surface area contributed by atoms with Gasteiger partial charge in [-0.2, -0.15) is 0 Å². The van der Waals surface area contributed by atoms with Crippen molar-refractivity contribution in [1.29, 1.82) is 0 Å². The first-order valence-electron chi connectivity index (χ1n) is 7.36. The number of nitrogens with zero attached hydrogens (tertiary/aromatic N) is 2. The predicted molar refractivity (Wildman–Crippen MR) is 82.5 cm³/mol. The molecule has 0 bridgehead atoms. The van der Waals surface area contributed by atoms with Gasteiger partial charge in [-0.3, -0.25) is 0 Å².